The number of carbonyl (C=O) groups is 3. The van der Waals surface area contributed by atoms with Gasteiger partial charge in [0.05, 0.1) is 16.8 Å². The summed E-state index contributed by atoms with van der Waals surface area (Å²) in [7, 11) is 0. The fourth-order valence-electron chi connectivity index (χ4n) is 3.74. The van der Waals surface area contributed by atoms with Crippen LogP contribution < -0.4 is 5.32 Å². The van der Waals surface area contributed by atoms with Gasteiger partial charge in [-0.05, 0) is 66.6 Å². The molecule has 0 saturated heterocycles. The lowest BCUT2D eigenvalue weighted by atomic mass is 10.00. The summed E-state index contributed by atoms with van der Waals surface area (Å²) in [5, 5.41) is 22.2. The van der Waals surface area contributed by atoms with Crippen LogP contribution in [0.25, 0.3) is 10.9 Å². The van der Waals surface area contributed by atoms with Crippen LogP contribution in [0.3, 0.4) is 0 Å². The van der Waals surface area contributed by atoms with E-state index >= 15 is 0 Å². The van der Waals surface area contributed by atoms with Gasteiger partial charge in [0.2, 0.25) is 0 Å². The predicted molar refractivity (Wildman–Crippen MR) is 120 cm³/mol. The van der Waals surface area contributed by atoms with Gasteiger partial charge in [-0.15, -0.1) is 0 Å². The Kier molecular flexibility index (Phi) is 5.66. The zero-order chi connectivity index (χ0) is 23.7. The van der Waals surface area contributed by atoms with E-state index in [9.17, 15) is 23.9 Å². The molecule has 0 fully saturated rings. The molecule has 7 nitrogen and oxygen atoms in total. The second kappa shape index (κ2) is 8.58. The standard InChI is InChI=1S/C25H19FN2O5/c1-14-2-8-20(27-24(31)25(32)33)18-10-11-28(22(14)18)13-15-3-9-21(29)19(12-15)23(30)16-4-6-17(26)7-5-16/h2-12,29H,13H2,1H3,(H,27,31)(H,32,33). The molecule has 0 spiro atoms. The number of ketones is 1. The van der Waals surface area contributed by atoms with E-state index in [-0.39, 0.29) is 16.9 Å². The number of nitrogens with zero attached hydrogens (tertiary/aromatic N) is 1. The number of aromatic nitrogens is 1. The average Bonchev–Trinajstić information content (AvgIpc) is 3.21. The van der Waals surface area contributed by atoms with Crippen LogP contribution >= 0.6 is 0 Å². The average molecular weight is 446 g/mol. The number of anilines is 1. The van der Waals surface area contributed by atoms with Crippen molar-refractivity contribution in [3.63, 3.8) is 0 Å². The Balaban J connectivity index is 1.68. The van der Waals surface area contributed by atoms with Crippen molar-refractivity contribution in [2.75, 3.05) is 5.32 Å². The number of nitrogens with one attached hydrogen (secondary N) is 1. The third kappa shape index (κ3) is 4.31. The highest BCUT2D eigenvalue weighted by atomic mass is 19.1. The van der Waals surface area contributed by atoms with Crippen molar-refractivity contribution in [3.05, 3.63) is 94.9 Å². The van der Waals surface area contributed by atoms with Crippen molar-refractivity contribution in [2.24, 2.45) is 0 Å². The summed E-state index contributed by atoms with van der Waals surface area (Å²) in [6, 6.07) is 15.0. The topological polar surface area (TPSA) is 109 Å². The first-order valence-electron chi connectivity index (χ1n) is 9.99. The van der Waals surface area contributed by atoms with Gasteiger partial charge < -0.3 is 20.1 Å². The minimum Gasteiger partial charge on any atom is -0.507 e. The molecule has 166 valence electrons. The third-order valence-corrected chi connectivity index (χ3v) is 5.33. The summed E-state index contributed by atoms with van der Waals surface area (Å²) >= 11 is 0. The molecule has 33 heavy (non-hydrogen) atoms. The van der Waals surface area contributed by atoms with E-state index in [2.05, 4.69) is 5.32 Å². The number of phenolic OH excluding ortho intramolecular Hbond substituents is 1. The van der Waals surface area contributed by atoms with E-state index in [1.54, 1.807) is 36.5 Å². The summed E-state index contributed by atoms with van der Waals surface area (Å²) < 4.78 is 15.1. The van der Waals surface area contributed by atoms with Gasteiger partial charge in [0.15, 0.2) is 5.78 Å². The maximum atomic E-state index is 13.2. The molecule has 3 N–H and O–H groups in total. The SMILES string of the molecule is Cc1ccc(NC(=O)C(=O)O)c2ccn(Cc3ccc(O)c(C(=O)c4ccc(F)cc4)c3)c12. The largest absolute Gasteiger partial charge is 0.507 e. The van der Waals surface area contributed by atoms with E-state index < -0.39 is 23.5 Å². The zero-order valence-corrected chi connectivity index (χ0v) is 17.5. The van der Waals surface area contributed by atoms with Crippen LogP contribution in [0.15, 0.2) is 66.9 Å². The second-order valence-corrected chi connectivity index (χ2v) is 7.58. The molecule has 3 aromatic carbocycles. The lowest BCUT2D eigenvalue weighted by molar-refractivity contribution is -0.147. The van der Waals surface area contributed by atoms with Gasteiger partial charge in [0.1, 0.15) is 11.6 Å². The highest BCUT2D eigenvalue weighted by Crippen LogP contribution is 2.29. The van der Waals surface area contributed by atoms with Crippen LogP contribution in [0.2, 0.25) is 0 Å². The first-order valence-corrected chi connectivity index (χ1v) is 9.99. The number of halogens is 1. The molecule has 0 unspecified atom stereocenters. The van der Waals surface area contributed by atoms with Crippen LogP contribution in [0.5, 0.6) is 5.75 Å². The molecule has 0 bridgehead atoms. The van der Waals surface area contributed by atoms with Gasteiger partial charge in [-0.1, -0.05) is 12.1 Å². The zero-order valence-electron chi connectivity index (χ0n) is 17.5. The Morgan fingerprint density at radius 3 is 2.42 bits per heavy atom. The Bertz CT molecular complexity index is 1410. The Labute approximate surface area is 187 Å². The predicted octanol–water partition coefficient (Wildman–Crippen LogP) is 4.10. The molecule has 1 aromatic heterocycles. The number of amides is 1. The number of carbonyl (C=O) groups excluding carboxylic acids is 2. The number of hydrogen-bond donors (Lipinski definition) is 3. The van der Waals surface area contributed by atoms with E-state index in [1.807, 2.05) is 11.5 Å². The Hall–Kier alpha value is -4.46. The second-order valence-electron chi connectivity index (χ2n) is 7.58. The van der Waals surface area contributed by atoms with Crippen molar-refractivity contribution in [1.82, 2.24) is 4.57 Å². The maximum absolute atomic E-state index is 13.2. The first-order chi connectivity index (χ1) is 15.7. The van der Waals surface area contributed by atoms with Gasteiger partial charge in [-0.2, -0.15) is 0 Å². The molecule has 1 amide bonds. The van der Waals surface area contributed by atoms with Gasteiger partial charge in [-0.3, -0.25) is 9.59 Å². The van der Waals surface area contributed by atoms with E-state index in [0.717, 1.165) is 16.6 Å². The lowest BCUT2D eigenvalue weighted by Gasteiger charge is -2.12. The minimum atomic E-state index is -1.58. The van der Waals surface area contributed by atoms with Crippen LogP contribution in [0, 0.1) is 12.7 Å². The smallest absolute Gasteiger partial charge is 0.394 e. The summed E-state index contributed by atoms with van der Waals surface area (Å²) in [6.07, 6.45) is 1.79. The number of hydrogen-bond acceptors (Lipinski definition) is 4. The molecule has 4 aromatic rings. The number of fused-ring (bicyclic) bond motifs is 1. The van der Waals surface area contributed by atoms with Crippen molar-refractivity contribution in [3.8, 4) is 5.75 Å². The molecule has 0 saturated carbocycles. The van der Waals surface area contributed by atoms with Crippen LogP contribution in [0.4, 0.5) is 10.1 Å². The third-order valence-electron chi connectivity index (χ3n) is 5.33. The van der Waals surface area contributed by atoms with E-state index in [0.29, 0.717) is 17.6 Å². The number of phenols is 1. The van der Waals surface area contributed by atoms with E-state index in [1.165, 1.54) is 30.3 Å². The highest BCUT2D eigenvalue weighted by Gasteiger charge is 2.17. The van der Waals surface area contributed by atoms with Gasteiger partial charge >= 0.3 is 11.9 Å². The fraction of sp³-hybridized carbons (Fsp3) is 0.0800. The number of aromatic hydroxyl groups is 1. The van der Waals surface area contributed by atoms with Crippen LogP contribution in [-0.2, 0) is 16.1 Å². The van der Waals surface area contributed by atoms with Crippen molar-refractivity contribution < 1.29 is 29.0 Å². The molecule has 8 heteroatoms. The summed E-state index contributed by atoms with van der Waals surface area (Å²) in [6.45, 7) is 2.24. The summed E-state index contributed by atoms with van der Waals surface area (Å²) in [4.78, 5) is 35.3. The van der Waals surface area contributed by atoms with Crippen LogP contribution in [0.1, 0.15) is 27.0 Å². The monoisotopic (exact) mass is 446 g/mol. The maximum Gasteiger partial charge on any atom is 0.394 e. The molecular formula is C25H19FN2O5. The normalized spacial score (nSPS) is 10.8. The number of benzene rings is 3. The minimum absolute atomic E-state index is 0.0988. The molecule has 0 atom stereocenters. The lowest BCUT2D eigenvalue weighted by Crippen LogP contribution is -2.21. The highest BCUT2D eigenvalue weighted by molar-refractivity contribution is 6.37. The van der Waals surface area contributed by atoms with Crippen molar-refractivity contribution in [2.45, 2.75) is 13.5 Å². The van der Waals surface area contributed by atoms with Crippen molar-refractivity contribution >= 4 is 34.3 Å². The van der Waals surface area contributed by atoms with E-state index in [4.69, 9.17) is 5.11 Å². The van der Waals surface area contributed by atoms with Gasteiger partial charge in [0.25, 0.3) is 0 Å². The first kappa shape index (κ1) is 21.8. The molecule has 0 aliphatic rings. The molecule has 0 aliphatic carbocycles. The molecule has 4 rings (SSSR count). The van der Waals surface area contributed by atoms with Gasteiger partial charge in [-0.25, -0.2) is 9.18 Å². The van der Waals surface area contributed by atoms with Gasteiger partial charge in [0, 0.05) is 23.7 Å². The molecule has 0 aliphatic heterocycles. The number of rotatable bonds is 5. The quantitative estimate of drug-likeness (QED) is 0.316. The number of carboxylic acid groups (broad SMARTS) is 1. The number of aliphatic carboxylic acids is 1. The van der Waals surface area contributed by atoms with Crippen LogP contribution in [-0.4, -0.2) is 32.4 Å². The summed E-state index contributed by atoms with van der Waals surface area (Å²) in [5.41, 5.74) is 3.16. The number of aryl methyl sites for hydroxylation is 1. The van der Waals surface area contributed by atoms with Crippen molar-refractivity contribution in [1.29, 1.82) is 0 Å². The Morgan fingerprint density at radius 2 is 1.73 bits per heavy atom. The number of carboxylic acids is 1. The summed E-state index contributed by atoms with van der Waals surface area (Å²) in [5.74, 6) is -3.78. The fourth-order valence-corrected chi connectivity index (χ4v) is 3.74. The molecule has 0 radical (unpaired) electrons. The molecule has 1 heterocycles. The Morgan fingerprint density at radius 1 is 1.00 bits per heavy atom. The molecular weight excluding hydrogens is 427 g/mol.